The highest BCUT2D eigenvalue weighted by Crippen LogP contribution is 2.54. The predicted octanol–water partition coefficient (Wildman–Crippen LogP) is 3.22. The van der Waals surface area contributed by atoms with Crippen molar-refractivity contribution in [1.82, 2.24) is 19.5 Å². The number of ether oxygens (including phenoxy) is 2. The van der Waals surface area contributed by atoms with E-state index in [1.165, 1.54) is 0 Å². The van der Waals surface area contributed by atoms with E-state index in [4.69, 9.17) is 28.8 Å². The van der Waals surface area contributed by atoms with E-state index in [-0.39, 0.29) is 31.5 Å². The number of phosphoric ester groups is 1. The molecule has 3 atom stereocenters. The van der Waals surface area contributed by atoms with Gasteiger partial charge >= 0.3 is 7.82 Å². The fourth-order valence-corrected chi connectivity index (χ4v) is 4.86. The lowest BCUT2D eigenvalue weighted by Gasteiger charge is -2.25. The number of hydrogen-bond acceptors (Lipinski definition) is 10. The number of nitrogens with two attached hydrogens (primary N) is 1. The van der Waals surface area contributed by atoms with Crippen molar-refractivity contribution in [1.29, 1.82) is 0 Å². The highest BCUT2D eigenvalue weighted by molar-refractivity contribution is 7.49. The van der Waals surface area contributed by atoms with Gasteiger partial charge in [0.1, 0.15) is 12.0 Å². The first-order chi connectivity index (χ1) is 15.0. The van der Waals surface area contributed by atoms with Crippen LogP contribution in [0.4, 0.5) is 5.95 Å². The Labute approximate surface area is 178 Å². The number of phosphoric acid groups is 1. The smallest absolute Gasteiger partial charge is 0.476 e. The first-order valence-electron chi connectivity index (χ1n) is 9.99. The number of para-hydroxylation sites is 1. The summed E-state index contributed by atoms with van der Waals surface area (Å²) in [6, 6.07) is 7.27. The molecule has 164 valence electrons. The summed E-state index contributed by atoms with van der Waals surface area (Å²) in [5.74, 6) is 0.946. The summed E-state index contributed by atoms with van der Waals surface area (Å²) < 4.78 is 42.5. The molecule has 0 spiro atoms. The van der Waals surface area contributed by atoms with Gasteiger partial charge in [-0.3, -0.25) is 13.6 Å². The van der Waals surface area contributed by atoms with Gasteiger partial charge in [0.2, 0.25) is 11.8 Å². The van der Waals surface area contributed by atoms with E-state index in [0.717, 1.165) is 5.56 Å². The molecule has 0 amide bonds. The third-order valence-corrected chi connectivity index (χ3v) is 6.39. The minimum Gasteiger partial charge on any atom is -0.476 e. The Kier molecular flexibility index (Phi) is 5.27. The fourth-order valence-electron chi connectivity index (χ4n) is 3.61. The van der Waals surface area contributed by atoms with E-state index in [9.17, 15) is 4.57 Å². The Balaban J connectivity index is 1.25. The van der Waals surface area contributed by atoms with E-state index >= 15 is 0 Å². The van der Waals surface area contributed by atoms with Crippen molar-refractivity contribution in [2.45, 2.75) is 38.7 Å². The van der Waals surface area contributed by atoms with Crippen molar-refractivity contribution in [2.75, 3.05) is 18.9 Å². The number of fused-ring (bicyclic) bond motifs is 2. The topological polar surface area (TPSA) is 133 Å². The highest BCUT2D eigenvalue weighted by Gasteiger charge is 2.37. The third-order valence-electron chi connectivity index (χ3n) is 5.06. The van der Waals surface area contributed by atoms with Crippen molar-refractivity contribution in [3.63, 3.8) is 0 Å². The molecule has 5 rings (SSSR count). The molecule has 2 aromatic heterocycles. The molecule has 0 aliphatic carbocycles. The molecule has 1 fully saturated rings. The summed E-state index contributed by atoms with van der Waals surface area (Å²) >= 11 is 0. The SMILES string of the molecule is CCOc1nc(N)nc2c1ncn2C1CCC(COP2(=O)OCc3ccccc3O2)O1. The molecule has 0 radical (unpaired) electrons. The lowest BCUT2D eigenvalue weighted by Crippen LogP contribution is -2.18. The largest absolute Gasteiger partial charge is 0.530 e. The van der Waals surface area contributed by atoms with Gasteiger partial charge in [0.15, 0.2) is 11.2 Å². The molecule has 12 heteroatoms. The first kappa shape index (κ1) is 20.2. The van der Waals surface area contributed by atoms with Crippen molar-refractivity contribution in [3.05, 3.63) is 36.2 Å². The summed E-state index contributed by atoms with van der Waals surface area (Å²) in [6.45, 7) is 2.54. The van der Waals surface area contributed by atoms with Crippen LogP contribution in [0.5, 0.6) is 11.6 Å². The maximum Gasteiger partial charge on any atom is 0.530 e. The number of benzene rings is 1. The lowest BCUT2D eigenvalue weighted by atomic mass is 10.2. The summed E-state index contributed by atoms with van der Waals surface area (Å²) in [5.41, 5.74) is 7.71. The molecular formula is C19H22N5O6P. The number of anilines is 1. The number of aromatic nitrogens is 4. The second-order valence-corrected chi connectivity index (χ2v) is 8.74. The van der Waals surface area contributed by atoms with Crippen molar-refractivity contribution < 1.29 is 27.6 Å². The molecule has 2 N–H and O–H groups in total. The molecule has 2 aliphatic rings. The molecule has 0 bridgehead atoms. The molecular weight excluding hydrogens is 425 g/mol. The van der Waals surface area contributed by atoms with Gasteiger partial charge < -0.3 is 19.7 Å². The normalized spacial score (nSPS) is 25.3. The monoisotopic (exact) mass is 447 g/mol. The summed E-state index contributed by atoms with van der Waals surface area (Å²) in [4.78, 5) is 12.8. The second kappa shape index (κ2) is 8.08. The molecule has 3 unspecified atom stereocenters. The zero-order chi connectivity index (χ0) is 21.4. The molecule has 2 aliphatic heterocycles. The van der Waals surface area contributed by atoms with Crippen LogP contribution in [0, 0.1) is 0 Å². The molecule has 11 nitrogen and oxygen atoms in total. The standard InChI is InChI=1S/C19H22N5O6P/c1-2-26-18-16-17(22-19(20)23-18)24(11-21-16)15-8-7-13(29-15)10-28-31(25)27-9-12-5-3-4-6-14(12)30-31/h3-6,11,13,15H,2,7-10H2,1H3,(H2,20,22,23). The van der Waals surface area contributed by atoms with Crippen LogP contribution in [-0.2, 0) is 25.0 Å². The Morgan fingerprint density at radius 2 is 2.16 bits per heavy atom. The highest BCUT2D eigenvalue weighted by atomic mass is 31.2. The second-order valence-electron chi connectivity index (χ2n) is 7.15. The average Bonchev–Trinajstić information content (AvgIpc) is 3.39. The minimum atomic E-state index is -3.69. The average molecular weight is 447 g/mol. The van der Waals surface area contributed by atoms with Crippen LogP contribution in [0.15, 0.2) is 30.6 Å². The van der Waals surface area contributed by atoms with Gasteiger partial charge in [-0.1, -0.05) is 18.2 Å². The van der Waals surface area contributed by atoms with Crippen LogP contribution >= 0.6 is 7.82 Å². The third kappa shape index (κ3) is 3.97. The number of rotatable bonds is 6. The molecule has 1 aromatic carbocycles. The van der Waals surface area contributed by atoms with E-state index in [0.29, 0.717) is 42.2 Å². The van der Waals surface area contributed by atoms with Crippen LogP contribution in [0.3, 0.4) is 0 Å². The molecule has 1 saturated heterocycles. The Bertz CT molecular complexity index is 1150. The van der Waals surface area contributed by atoms with Gasteiger partial charge in [0.25, 0.3) is 0 Å². The minimum absolute atomic E-state index is 0.0733. The van der Waals surface area contributed by atoms with Gasteiger partial charge in [-0.2, -0.15) is 9.97 Å². The van der Waals surface area contributed by atoms with Crippen molar-refractivity contribution >= 4 is 24.9 Å². The van der Waals surface area contributed by atoms with Gasteiger partial charge in [-0.05, 0) is 25.8 Å². The number of hydrogen-bond donors (Lipinski definition) is 1. The zero-order valence-corrected chi connectivity index (χ0v) is 17.7. The van der Waals surface area contributed by atoms with Crippen molar-refractivity contribution in [2.24, 2.45) is 0 Å². The Hall–Kier alpha value is -2.72. The number of imidazole rings is 1. The molecule has 4 heterocycles. The maximum absolute atomic E-state index is 12.8. The lowest BCUT2D eigenvalue weighted by molar-refractivity contribution is -0.0227. The van der Waals surface area contributed by atoms with Gasteiger partial charge in [-0.25, -0.2) is 9.55 Å². The quantitative estimate of drug-likeness (QED) is 0.562. The van der Waals surface area contributed by atoms with Crippen LogP contribution in [0.1, 0.15) is 31.6 Å². The Morgan fingerprint density at radius 3 is 3.03 bits per heavy atom. The molecule has 0 saturated carbocycles. The fraction of sp³-hybridized carbons (Fsp3) is 0.421. The van der Waals surface area contributed by atoms with E-state index in [2.05, 4.69) is 15.0 Å². The van der Waals surface area contributed by atoms with Gasteiger partial charge in [0.05, 0.1) is 32.3 Å². The summed E-state index contributed by atoms with van der Waals surface area (Å²) in [6.07, 6.45) is 2.41. The van der Waals surface area contributed by atoms with E-state index in [1.807, 2.05) is 25.1 Å². The Morgan fingerprint density at radius 1 is 1.29 bits per heavy atom. The van der Waals surface area contributed by atoms with Crippen LogP contribution in [0.2, 0.25) is 0 Å². The number of nitrogen functional groups attached to an aromatic ring is 1. The van der Waals surface area contributed by atoms with Crippen LogP contribution < -0.4 is 15.0 Å². The van der Waals surface area contributed by atoms with Gasteiger partial charge in [-0.15, -0.1) is 0 Å². The first-order valence-corrected chi connectivity index (χ1v) is 11.5. The van der Waals surface area contributed by atoms with Crippen molar-refractivity contribution in [3.8, 4) is 11.6 Å². The van der Waals surface area contributed by atoms with E-state index < -0.39 is 7.82 Å². The predicted molar refractivity (Wildman–Crippen MR) is 109 cm³/mol. The summed E-state index contributed by atoms with van der Waals surface area (Å²) in [7, 11) is -3.69. The molecule has 31 heavy (non-hydrogen) atoms. The van der Waals surface area contributed by atoms with Crippen LogP contribution in [0.25, 0.3) is 11.2 Å². The maximum atomic E-state index is 12.8. The summed E-state index contributed by atoms with van der Waals surface area (Å²) in [5, 5.41) is 0. The molecule has 3 aromatic rings. The van der Waals surface area contributed by atoms with E-state index in [1.54, 1.807) is 17.0 Å². The number of nitrogens with zero attached hydrogens (tertiary/aromatic N) is 4. The zero-order valence-electron chi connectivity index (χ0n) is 16.8. The van der Waals surface area contributed by atoms with Gasteiger partial charge in [0, 0.05) is 5.56 Å². The van der Waals surface area contributed by atoms with Crippen LogP contribution in [-0.4, -0.2) is 38.8 Å².